The van der Waals surface area contributed by atoms with Gasteiger partial charge in [0.1, 0.15) is 6.17 Å². The molecule has 1 N–H and O–H groups in total. The van der Waals surface area contributed by atoms with Crippen molar-refractivity contribution in [3.8, 4) is 0 Å². The third-order valence-corrected chi connectivity index (χ3v) is 2.44. The van der Waals surface area contributed by atoms with Crippen LogP contribution in [-0.2, 0) is 0 Å². The molecule has 2 aliphatic heterocycles. The van der Waals surface area contributed by atoms with Gasteiger partial charge in [0.15, 0.2) is 0 Å². The Hall–Kier alpha value is 0.140. The minimum atomic E-state index is -0.555. The lowest BCUT2D eigenvalue weighted by molar-refractivity contribution is 0.167. The van der Waals surface area contributed by atoms with E-state index in [0.717, 1.165) is 26.1 Å². The van der Waals surface area contributed by atoms with Gasteiger partial charge in [-0.05, 0) is 6.42 Å². The summed E-state index contributed by atoms with van der Waals surface area (Å²) >= 11 is 0. The first-order valence-electron chi connectivity index (χ1n) is 3.95. The lowest BCUT2D eigenvalue weighted by Gasteiger charge is -2.35. The summed E-state index contributed by atoms with van der Waals surface area (Å²) in [6, 6.07) is 0.640. The van der Waals surface area contributed by atoms with Gasteiger partial charge in [-0.25, -0.2) is 4.39 Å². The lowest BCUT2D eigenvalue weighted by atomic mass is 10.1. The van der Waals surface area contributed by atoms with Crippen molar-refractivity contribution in [3.63, 3.8) is 0 Å². The van der Waals surface area contributed by atoms with Crippen LogP contribution in [0.3, 0.4) is 0 Å². The van der Waals surface area contributed by atoms with E-state index in [9.17, 15) is 4.39 Å². The van der Waals surface area contributed by atoms with Gasteiger partial charge >= 0.3 is 0 Å². The van der Waals surface area contributed by atoms with E-state index in [1.54, 1.807) is 0 Å². The molecular formula is C7H14ClFN2. The molecule has 0 aromatic heterocycles. The maximum absolute atomic E-state index is 12.6. The number of nitrogens with one attached hydrogen (secondary N) is 1. The molecule has 2 rings (SSSR count). The molecule has 0 unspecified atom stereocenters. The maximum Gasteiger partial charge on any atom is 0.114 e. The van der Waals surface area contributed by atoms with Gasteiger partial charge in [-0.15, -0.1) is 12.4 Å². The van der Waals surface area contributed by atoms with Crippen molar-refractivity contribution in [1.29, 1.82) is 0 Å². The summed E-state index contributed by atoms with van der Waals surface area (Å²) in [6.07, 6.45) is 0.192. The van der Waals surface area contributed by atoms with Gasteiger partial charge in [0.05, 0.1) is 0 Å². The van der Waals surface area contributed by atoms with Crippen molar-refractivity contribution < 1.29 is 4.39 Å². The van der Waals surface area contributed by atoms with Gasteiger partial charge in [-0.2, -0.15) is 0 Å². The Morgan fingerprint density at radius 3 is 2.45 bits per heavy atom. The van der Waals surface area contributed by atoms with Gasteiger partial charge in [0, 0.05) is 32.2 Å². The van der Waals surface area contributed by atoms with Crippen LogP contribution in [-0.4, -0.2) is 43.3 Å². The second-order valence-electron chi connectivity index (χ2n) is 3.19. The second-order valence-corrected chi connectivity index (χ2v) is 3.19. The fraction of sp³-hybridized carbons (Fsp3) is 1.00. The molecule has 2 aliphatic rings. The number of hydrogen-bond acceptors (Lipinski definition) is 2. The fourth-order valence-electron chi connectivity index (χ4n) is 1.61. The SMILES string of the molecule is Cl.F[C@@H]1CCN(C2CNC2)C1. The molecule has 2 saturated heterocycles. The molecule has 2 fully saturated rings. The van der Waals surface area contributed by atoms with E-state index in [1.165, 1.54) is 0 Å². The summed E-state index contributed by atoms with van der Waals surface area (Å²) in [5, 5.41) is 3.19. The Labute approximate surface area is 72.5 Å². The van der Waals surface area contributed by atoms with Gasteiger partial charge in [0.2, 0.25) is 0 Å². The minimum absolute atomic E-state index is 0. The molecule has 11 heavy (non-hydrogen) atoms. The fourth-order valence-corrected chi connectivity index (χ4v) is 1.61. The Morgan fingerprint density at radius 1 is 1.36 bits per heavy atom. The van der Waals surface area contributed by atoms with Crippen LogP contribution in [0.25, 0.3) is 0 Å². The molecule has 0 saturated carbocycles. The molecule has 0 aliphatic carbocycles. The highest BCUT2D eigenvalue weighted by Crippen LogP contribution is 2.16. The Morgan fingerprint density at radius 2 is 2.09 bits per heavy atom. The van der Waals surface area contributed by atoms with E-state index in [2.05, 4.69) is 10.2 Å². The van der Waals surface area contributed by atoms with Crippen LogP contribution in [0, 0.1) is 0 Å². The largest absolute Gasteiger partial charge is 0.314 e. The standard InChI is InChI=1S/C7H13FN2.ClH/c8-6-1-2-10(5-6)7-3-9-4-7;/h6-7,9H,1-5H2;1H/t6-;/m1./s1. The third kappa shape index (κ3) is 1.83. The van der Waals surface area contributed by atoms with E-state index in [4.69, 9.17) is 0 Å². The zero-order valence-electron chi connectivity index (χ0n) is 6.42. The van der Waals surface area contributed by atoms with Gasteiger partial charge in [-0.1, -0.05) is 0 Å². The molecule has 4 heteroatoms. The van der Waals surface area contributed by atoms with E-state index in [-0.39, 0.29) is 12.4 Å². The van der Waals surface area contributed by atoms with Crippen LogP contribution in [0.4, 0.5) is 4.39 Å². The average molecular weight is 181 g/mol. The highest BCUT2D eigenvalue weighted by Gasteiger charge is 2.30. The van der Waals surface area contributed by atoms with Crippen molar-refractivity contribution in [1.82, 2.24) is 10.2 Å². The monoisotopic (exact) mass is 180 g/mol. The number of likely N-dealkylation sites (tertiary alicyclic amines) is 1. The molecule has 0 bridgehead atoms. The first kappa shape index (κ1) is 9.23. The van der Waals surface area contributed by atoms with E-state index in [1.807, 2.05) is 0 Å². The molecule has 66 valence electrons. The van der Waals surface area contributed by atoms with Crippen LogP contribution >= 0.6 is 12.4 Å². The molecule has 0 aromatic carbocycles. The predicted octanol–water partition coefficient (Wildman–Crippen LogP) is 0.424. The zero-order chi connectivity index (χ0) is 6.97. The quantitative estimate of drug-likeness (QED) is 0.630. The average Bonchev–Trinajstić information content (AvgIpc) is 2.10. The maximum atomic E-state index is 12.6. The van der Waals surface area contributed by atoms with E-state index in [0.29, 0.717) is 12.6 Å². The summed E-state index contributed by atoms with van der Waals surface area (Å²) in [7, 11) is 0. The van der Waals surface area contributed by atoms with Crippen LogP contribution in [0.5, 0.6) is 0 Å². The van der Waals surface area contributed by atoms with Crippen LogP contribution in [0.15, 0.2) is 0 Å². The van der Waals surface area contributed by atoms with Gasteiger partial charge in [0.25, 0.3) is 0 Å². The summed E-state index contributed by atoms with van der Waals surface area (Å²) in [4.78, 5) is 2.25. The molecule has 0 radical (unpaired) electrons. The van der Waals surface area contributed by atoms with Crippen molar-refractivity contribution in [2.45, 2.75) is 18.6 Å². The highest BCUT2D eigenvalue weighted by molar-refractivity contribution is 5.85. The smallest absolute Gasteiger partial charge is 0.114 e. The lowest BCUT2D eigenvalue weighted by Crippen LogP contribution is -2.56. The van der Waals surface area contributed by atoms with Crippen LogP contribution in [0.1, 0.15) is 6.42 Å². The van der Waals surface area contributed by atoms with Gasteiger partial charge in [-0.3, -0.25) is 4.90 Å². The van der Waals surface area contributed by atoms with Gasteiger partial charge < -0.3 is 5.32 Å². The number of alkyl halides is 1. The summed E-state index contributed by atoms with van der Waals surface area (Å²) in [6.45, 7) is 3.76. The minimum Gasteiger partial charge on any atom is -0.314 e. The van der Waals surface area contributed by atoms with E-state index < -0.39 is 6.17 Å². The molecule has 1 atom stereocenters. The number of nitrogens with zero attached hydrogens (tertiary/aromatic N) is 1. The first-order chi connectivity index (χ1) is 4.86. The molecule has 2 heterocycles. The van der Waals surface area contributed by atoms with Crippen molar-refractivity contribution in [3.05, 3.63) is 0 Å². The Kier molecular flexibility index (Phi) is 3.10. The number of halogens is 2. The van der Waals surface area contributed by atoms with Crippen molar-refractivity contribution in [2.75, 3.05) is 26.2 Å². The molecule has 0 aromatic rings. The summed E-state index contributed by atoms with van der Waals surface area (Å²) in [5.41, 5.74) is 0. The predicted molar refractivity (Wildman–Crippen MR) is 45.0 cm³/mol. The summed E-state index contributed by atoms with van der Waals surface area (Å²) < 4.78 is 12.6. The Balaban J connectivity index is 0.000000605. The molecular weight excluding hydrogens is 167 g/mol. The Bertz CT molecular complexity index is 130. The second kappa shape index (κ2) is 3.70. The molecule has 0 amide bonds. The van der Waals surface area contributed by atoms with Crippen molar-refractivity contribution in [2.24, 2.45) is 0 Å². The van der Waals surface area contributed by atoms with Crippen LogP contribution in [0.2, 0.25) is 0 Å². The number of rotatable bonds is 1. The first-order valence-corrected chi connectivity index (χ1v) is 3.95. The number of hydrogen-bond donors (Lipinski definition) is 1. The van der Waals surface area contributed by atoms with Crippen LogP contribution < -0.4 is 5.32 Å². The normalized spacial score (nSPS) is 33.0. The molecule has 0 spiro atoms. The van der Waals surface area contributed by atoms with E-state index >= 15 is 0 Å². The zero-order valence-corrected chi connectivity index (χ0v) is 7.24. The third-order valence-electron chi connectivity index (χ3n) is 2.44. The summed E-state index contributed by atoms with van der Waals surface area (Å²) in [5.74, 6) is 0. The van der Waals surface area contributed by atoms with Crippen molar-refractivity contribution >= 4 is 12.4 Å². The molecule has 2 nitrogen and oxygen atoms in total. The topological polar surface area (TPSA) is 15.3 Å². The highest BCUT2D eigenvalue weighted by atomic mass is 35.5.